The van der Waals surface area contributed by atoms with Gasteiger partial charge in [0, 0.05) is 16.3 Å². The first-order chi connectivity index (χ1) is 13.4. The zero-order valence-electron chi connectivity index (χ0n) is 19.2. The Balaban J connectivity index is 1.66. The van der Waals surface area contributed by atoms with Crippen molar-refractivity contribution in [2.75, 3.05) is 4.43 Å². The summed E-state index contributed by atoms with van der Waals surface area (Å²) in [7, 11) is -1.76. The van der Waals surface area contributed by atoms with Gasteiger partial charge in [-0.15, -0.1) is 0 Å². The summed E-state index contributed by atoms with van der Waals surface area (Å²) >= 11 is 2.59. The molecule has 0 aromatic carbocycles. The monoisotopic (exact) mass is 526 g/mol. The largest absolute Gasteiger partial charge is 0.413 e. The van der Waals surface area contributed by atoms with Gasteiger partial charge < -0.3 is 4.43 Å². The Morgan fingerprint density at radius 2 is 1.93 bits per heavy atom. The van der Waals surface area contributed by atoms with Gasteiger partial charge >= 0.3 is 0 Å². The van der Waals surface area contributed by atoms with Crippen LogP contribution in [0.4, 0.5) is 0 Å². The highest BCUT2D eigenvalue weighted by atomic mass is 127. The summed E-state index contributed by atoms with van der Waals surface area (Å²) in [6.45, 7) is 14.4. The summed E-state index contributed by atoms with van der Waals surface area (Å²) < 4.78 is 8.16. The molecule has 0 bridgehead atoms. The molecule has 162 valence electrons. The number of halogens is 1. The molecule has 4 aliphatic carbocycles. The van der Waals surface area contributed by atoms with Gasteiger partial charge in [-0.1, -0.05) is 67.5 Å². The molecule has 0 heterocycles. The first-order valence-electron chi connectivity index (χ1n) is 11.6. The number of hydrogen-bond acceptors (Lipinski definition) is 2. The van der Waals surface area contributed by atoms with Crippen molar-refractivity contribution in [1.82, 2.24) is 0 Å². The van der Waals surface area contributed by atoms with Gasteiger partial charge in [0.05, 0.1) is 6.10 Å². The Kier molecular flexibility index (Phi) is 5.60. The Labute approximate surface area is 192 Å². The maximum Gasteiger partial charge on any atom is 0.192 e. The van der Waals surface area contributed by atoms with E-state index in [0.717, 1.165) is 36.0 Å². The fourth-order valence-electron chi connectivity index (χ4n) is 6.59. The summed E-state index contributed by atoms with van der Waals surface area (Å²) in [6, 6.07) is 0. The van der Waals surface area contributed by atoms with Crippen molar-refractivity contribution in [3.8, 4) is 0 Å². The van der Waals surface area contributed by atoms with Crippen LogP contribution in [-0.4, -0.2) is 24.6 Å². The molecule has 4 rings (SSSR count). The summed E-state index contributed by atoms with van der Waals surface area (Å²) in [5.74, 6) is 1.79. The highest BCUT2D eigenvalue weighted by Gasteiger charge is 2.58. The molecule has 0 N–H and O–H groups in total. The number of carbonyl (C=O) groups is 1. The van der Waals surface area contributed by atoms with Crippen LogP contribution >= 0.6 is 22.6 Å². The third kappa shape index (κ3) is 3.38. The molecule has 4 aliphatic rings. The average molecular weight is 527 g/mol. The van der Waals surface area contributed by atoms with Crippen LogP contribution in [0.2, 0.25) is 18.1 Å². The maximum absolute atomic E-state index is 12.1. The average Bonchev–Trinajstić information content (AvgIpc) is 2.96. The molecule has 0 spiro atoms. The Morgan fingerprint density at radius 3 is 2.59 bits per heavy atom. The van der Waals surface area contributed by atoms with Gasteiger partial charge in [-0.3, -0.25) is 4.79 Å². The van der Waals surface area contributed by atoms with Crippen LogP contribution in [0.5, 0.6) is 0 Å². The minimum atomic E-state index is -1.76. The number of carbonyl (C=O) groups excluding carboxylic acids is 1. The van der Waals surface area contributed by atoms with Crippen LogP contribution in [0.25, 0.3) is 0 Å². The second-order valence-corrected chi connectivity index (χ2v) is 17.4. The van der Waals surface area contributed by atoms with E-state index >= 15 is 0 Å². The number of allylic oxidation sites excluding steroid dienone is 4. The molecule has 0 aromatic rings. The highest BCUT2D eigenvalue weighted by molar-refractivity contribution is 14.1. The highest BCUT2D eigenvalue weighted by Crippen LogP contribution is 2.64. The van der Waals surface area contributed by atoms with E-state index in [0.29, 0.717) is 17.8 Å². The normalized spacial score (nSPS) is 40.0. The van der Waals surface area contributed by atoms with Crippen molar-refractivity contribution in [2.24, 2.45) is 22.7 Å². The number of alkyl halides is 1. The molecular weight excluding hydrogens is 487 g/mol. The molecule has 0 radical (unpaired) electrons. The van der Waals surface area contributed by atoms with E-state index in [9.17, 15) is 4.79 Å². The minimum Gasteiger partial charge on any atom is -0.413 e. The first-order valence-corrected chi connectivity index (χ1v) is 16.1. The molecule has 5 atom stereocenters. The SMILES string of the molecule is CC(C)(C)[Si](C)(C)OC1CC[C@H]2[C@@H]3CCC4=CC(=O)CC[C@]4(CI)C3=CC[C@]12C. The van der Waals surface area contributed by atoms with Crippen LogP contribution < -0.4 is 0 Å². The molecule has 2 nitrogen and oxygen atoms in total. The van der Waals surface area contributed by atoms with Crippen molar-refractivity contribution in [3.05, 3.63) is 23.3 Å². The summed E-state index contributed by atoms with van der Waals surface area (Å²) in [6.07, 6.45) is 12.9. The summed E-state index contributed by atoms with van der Waals surface area (Å²) in [5, 5.41) is 0.265. The van der Waals surface area contributed by atoms with E-state index in [1.807, 2.05) is 6.08 Å². The molecular formula is C25H39IO2Si. The lowest BCUT2D eigenvalue weighted by Crippen LogP contribution is -2.51. The Morgan fingerprint density at radius 1 is 1.21 bits per heavy atom. The molecule has 29 heavy (non-hydrogen) atoms. The molecule has 0 saturated heterocycles. The fourth-order valence-corrected chi connectivity index (χ4v) is 9.35. The summed E-state index contributed by atoms with van der Waals surface area (Å²) in [4.78, 5) is 12.1. The van der Waals surface area contributed by atoms with Crippen LogP contribution in [0.1, 0.15) is 72.6 Å². The van der Waals surface area contributed by atoms with E-state index in [4.69, 9.17) is 4.43 Å². The molecule has 0 aliphatic heterocycles. The standard InChI is InChI=1S/C25H39IO2Si/c1-23(2,3)29(5,6)28-22-10-9-20-19-8-7-17-15-18(27)11-14-25(17,16-26)21(19)12-13-24(20,22)4/h12,15,19-20,22H,7-11,13-14,16H2,1-6H3/t19-,20-,22?,24-,25+/m0/s1. The molecule has 0 amide bonds. The van der Waals surface area contributed by atoms with Crippen molar-refractivity contribution >= 4 is 36.7 Å². The number of hydrogen-bond donors (Lipinski definition) is 0. The second kappa shape index (κ2) is 7.30. The topological polar surface area (TPSA) is 26.3 Å². The van der Waals surface area contributed by atoms with Crippen LogP contribution in [0.3, 0.4) is 0 Å². The van der Waals surface area contributed by atoms with Gasteiger partial charge in [-0.05, 0) is 80.0 Å². The lowest BCUT2D eigenvalue weighted by Gasteiger charge is -2.54. The van der Waals surface area contributed by atoms with Gasteiger partial charge in [0.2, 0.25) is 0 Å². The van der Waals surface area contributed by atoms with Gasteiger partial charge in [-0.2, -0.15) is 0 Å². The van der Waals surface area contributed by atoms with E-state index in [2.05, 4.69) is 69.5 Å². The number of fused-ring (bicyclic) bond motifs is 5. The van der Waals surface area contributed by atoms with Crippen LogP contribution in [0.15, 0.2) is 23.3 Å². The fraction of sp³-hybridized carbons (Fsp3) is 0.800. The van der Waals surface area contributed by atoms with Gasteiger partial charge in [0.1, 0.15) is 0 Å². The van der Waals surface area contributed by atoms with Gasteiger partial charge in [0.15, 0.2) is 14.1 Å². The van der Waals surface area contributed by atoms with Crippen molar-refractivity contribution in [1.29, 1.82) is 0 Å². The zero-order chi connectivity index (χ0) is 21.2. The molecule has 2 fully saturated rings. The quantitative estimate of drug-likeness (QED) is 0.168. The Hall–Kier alpha value is 0.0569. The van der Waals surface area contributed by atoms with E-state index in [-0.39, 0.29) is 15.9 Å². The van der Waals surface area contributed by atoms with Crippen molar-refractivity contribution in [2.45, 2.75) is 96.9 Å². The lowest BCUT2D eigenvalue weighted by atomic mass is 9.52. The molecule has 2 saturated carbocycles. The van der Waals surface area contributed by atoms with Gasteiger partial charge in [0.25, 0.3) is 0 Å². The third-order valence-electron chi connectivity index (χ3n) is 9.47. The zero-order valence-corrected chi connectivity index (χ0v) is 22.4. The van der Waals surface area contributed by atoms with E-state index in [1.165, 1.54) is 24.8 Å². The summed E-state index contributed by atoms with van der Waals surface area (Å²) in [5.41, 5.74) is 3.60. The lowest BCUT2D eigenvalue weighted by molar-refractivity contribution is -0.115. The second-order valence-electron chi connectivity index (χ2n) is 11.9. The van der Waals surface area contributed by atoms with E-state index < -0.39 is 8.32 Å². The molecule has 1 unspecified atom stereocenters. The Bertz CT molecular complexity index is 761. The predicted octanol–water partition coefficient (Wildman–Crippen LogP) is 7.24. The van der Waals surface area contributed by atoms with Crippen molar-refractivity contribution < 1.29 is 9.22 Å². The van der Waals surface area contributed by atoms with Crippen LogP contribution in [-0.2, 0) is 9.22 Å². The minimum absolute atomic E-state index is 0.178. The molecule has 0 aromatic heterocycles. The third-order valence-corrected chi connectivity index (χ3v) is 15.3. The predicted molar refractivity (Wildman–Crippen MR) is 132 cm³/mol. The maximum atomic E-state index is 12.1. The first kappa shape index (κ1) is 22.3. The smallest absolute Gasteiger partial charge is 0.192 e. The van der Waals surface area contributed by atoms with E-state index in [1.54, 1.807) is 5.57 Å². The van der Waals surface area contributed by atoms with Crippen molar-refractivity contribution in [3.63, 3.8) is 0 Å². The van der Waals surface area contributed by atoms with Gasteiger partial charge in [-0.25, -0.2) is 0 Å². The van der Waals surface area contributed by atoms with Crippen LogP contribution in [0, 0.1) is 22.7 Å². The number of ketones is 1. The molecule has 4 heteroatoms. The number of rotatable bonds is 3.